The van der Waals surface area contributed by atoms with Crippen LogP contribution in [0.1, 0.15) is 23.6 Å². The number of hydrogen-bond donors (Lipinski definition) is 0. The molecule has 0 spiro atoms. The second-order valence-electron chi connectivity index (χ2n) is 7.88. The van der Waals surface area contributed by atoms with Crippen LogP contribution in [0, 0.1) is 0 Å². The van der Waals surface area contributed by atoms with Crippen LogP contribution in [0.2, 0.25) is 0 Å². The summed E-state index contributed by atoms with van der Waals surface area (Å²) in [5, 5.41) is 2.63. The smallest absolute Gasteiger partial charge is 0.214 e. The second-order valence-corrected chi connectivity index (χ2v) is 7.88. The van der Waals surface area contributed by atoms with E-state index in [9.17, 15) is 0 Å². The number of fused-ring (bicyclic) bond motifs is 1. The molecule has 2 nitrogen and oxygen atoms in total. The fourth-order valence-electron chi connectivity index (χ4n) is 4.70. The molecule has 0 saturated heterocycles. The van der Waals surface area contributed by atoms with Crippen LogP contribution in [-0.4, -0.2) is 16.8 Å². The van der Waals surface area contributed by atoms with Gasteiger partial charge in [-0.2, -0.15) is 4.58 Å². The van der Waals surface area contributed by atoms with E-state index in [-0.39, 0.29) is 0 Å². The number of hydrogen-bond acceptors (Lipinski definition) is 1. The highest BCUT2D eigenvalue weighted by atomic mass is 16.5. The number of allylic oxidation sites excluding steroid dienone is 3. The molecule has 0 amide bonds. The zero-order valence-corrected chi connectivity index (χ0v) is 17.4. The molecule has 31 heavy (non-hydrogen) atoms. The van der Waals surface area contributed by atoms with Gasteiger partial charge in [0.05, 0.1) is 10.9 Å². The molecule has 2 aliphatic heterocycles. The van der Waals surface area contributed by atoms with Gasteiger partial charge in [-0.05, 0) is 36.1 Å². The highest BCUT2D eigenvalue weighted by Gasteiger charge is 2.30. The standard InChI is InChI=1S/C29H22NO/c1-2-30-25-16-9-13-21-12-8-15-24(29(21)25)26(30)18-22-19-28(20-10-4-3-5-11-20)31-27-17-7-6-14-23(22)27/h3-19H,2H2,1H3/q+1/b22-18+. The second kappa shape index (κ2) is 7.10. The van der Waals surface area contributed by atoms with Gasteiger partial charge in [0.15, 0.2) is 0 Å². The summed E-state index contributed by atoms with van der Waals surface area (Å²) in [7, 11) is 0. The first-order valence-corrected chi connectivity index (χ1v) is 10.8. The minimum atomic E-state index is 0.878. The van der Waals surface area contributed by atoms with Gasteiger partial charge >= 0.3 is 0 Å². The van der Waals surface area contributed by atoms with Crippen molar-refractivity contribution in [2.75, 3.05) is 6.54 Å². The quantitative estimate of drug-likeness (QED) is 0.344. The average Bonchev–Trinajstić information content (AvgIpc) is 3.14. The molecule has 2 aliphatic rings. The Morgan fingerprint density at radius 3 is 2.35 bits per heavy atom. The number of rotatable bonds is 3. The third-order valence-corrected chi connectivity index (χ3v) is 6.11. The molecule has 2 heterocycles. The van der Waals surface area contributed by atoms with E-state index < -0.39 is 0 Å². The van der Waals surface area contributed by atoms with Crippen molar-refractivity contribution < 1.29 is 9.31 Å². The van der Waals surface area contributed by atoms with Crippen LogP contribution in [0.25, 0.3) is 22.1 Å². The first-order chi connectivity index (χ1) is 15.3. The van der Waals surface area contributed by atoms with Crippen LogP contribution < -0.4 is 4.74 Å². The van der Waals surface area contributed by atoms with Gasteiger partial charge in [-0.15, -0.1) is 0 Å². The van der Waals surface area contributed by atoms with E-state index in [1.54, 1.807) is 0 Å². The van der Waals surface area contributed by atoms with Crippen LogP contribution >= 0.6 is 0 Å². The van der Waals surface area contributed by atoms with Crippen LogP contribution in [0.5, 0.6) is 5.75 Å². The maximum atomic E-state index is 6.28. The normalized spacial score (nSPS) is 15.8. The number of benzene rings is 4. The van der Waals surface area contributed by atoms with Gasteiger partial charge in [-0.25, -0.2) is 0 Å². The van der Waals surface area contributed by atoms with Crippen molar-refractivity contribution in [3.63, 3.8) is 0 Å². The van der Waals surface area contributed by atoms with Crippen molar-refractivity contribution in [3.05, 3.63) is 120 Å². The zero-order chi connectivity index (χ0) is 20.8. The third-order valence-electron chi connectivity index (χ3n) is 6.11. The van der Waals surface area contributed by atoms with E-state index in [2.05, 4.69) is 84.3 Å². The molecular formula is C29H22NO+. The highest BCUT2D eigenvalue weighted by Crippen LogP contribution is 2.39. The topological polar surface area (TPSA) is 12.2 Å². The van der Waals surface area contributed by atoms with E-state index in [1.165, 1.54) is 33.3 Å². The molecule has 0 N–H and O–H groups in total. The molecule has 0 radical (unpaired) electrons. The van der Waals surface area contributed by atoms with E-state index in [1.807, 2.05) is 30.3 Å². The Bertz CT molecular complexity index is 1420. The van der Waals surface area contributed by atoms with Crippen LogP contribution in [-0.2, 0) is 0 Å². The Balaban J connectivity index is 1.59. The number of para-hydroxylation sites is 1. The maximum Gasteiger partial charge on any atom is 0.214 e. The van der Waals surface area contributed by atoms with Crippen molar-refractivity contribution in [1.82, 2.24) is 0 Å². The maximum absolute atomic E-state index is 6.28. The molecule has 0 unspecified atom stereocenters. The van der Waals surface area contributed by atoms with Gasteiger partial charge in [0.1, 0.15) is 18.1 Å². The summed E-state index contributed by atoms with van der Waals surface area (Å²) in [6.45, 7) is 3.13. The predicted octanol–water partition coefficient (Wildman–Crippen LogP) is 6.82. The van der Waals surface area contributed by atoms with Crippen molar-refractivity contribution in [2.24, 2.45) is 0 Å². The lowest BCUT2D eigenvalue weighted by Gasteiger charge is -2.20. The van der Waals surface area contributed by atoms with Crippen LogP contribution in [0.4, 0.5) is 5.69 Å². The zero-order valence-electron chi connectivity index (χ0n) is 17.4. The van der Waals surface area contributed by atoms with Crippen molar-refractivity contribution in [3.8, 4) is 5.75 Å². The van der Waals surface area contributed by atoms with Gasteiger partial charge in [-0.3, -0.25) is 0 Å². The molecule has 2 heteroatoms. The number of nitrogens with zero attached hydrogens (tertiary/aromatic N) is 1. The highest BCUT2D eigenvalue weighted by molar-refractivity contribution is 6.22. The summed E-state index contributed by atoms with van der Waals surface area (Å²) in [6.07, 6.45) is 4.49. The Kier molecular flexibility index (Phi) is 4.10. The van der Waals surface area contributed by atoms with Gasteiger partial charge in [0.2, 0.25) is 11.4 Å². The molecule has 4 aromatic carbocycles. The fourth-order valence-corrected chi connectivity index (χ4v) is 4.70. The van der Waals surface area contributed by atoms with Crippen molar-refractivity contribution in [1.29, 1.82) is 0 Å². The third kappa shape index (κ3) is 2.83. The predicted molar refractivity (Wildman–Crippen MR) is 128 cm³/mol. The summed E-state index contributed by atoms with van der Waals surface area (Å²) >= 11 is 0. The lowest BCUT2D eigenvalue weighted by Crippen LogP contribution is -2.12. The molecule has 0 atom stereocenters. The van der Waals surface area contributed by atoms with Crippen molar-refractivity contribution >= 4 is 33.5 Å². The largest absolute Gasteiger partial charge is 0.456 e. The van der Waals surface area contributed by atoms with E-state index in [4.69, 9.17) is 4.74 Å². The van der Waals surface area contributed by atoms with Gasteiger partial charge in [-0.1, -0.05) is 72.8 Å². The molecule has 0 saturated carbocycles. The Hall–Kier alpha value is -3.91. The Morgan fingerprint density at radius 1 is 0.774 bits per heavy atom. The summed E-state index contributed by atoms with van der Waals surface area (Å²) in [5.74, 6) is 1.77. The minimum absolute atomic E-state index is 0.878. The average molecular weight is 401 g/mol. The van der Waals surface area contributed by atoms with E-state index >= 15 is 0 Å². The van der Waals surface area contributed by atoms with Crippen LogP contribution in [0.15, 0.2) is 103 Å². The first kappa shape index (κ1) is 17.9. The molecule has 0 aliphatic carbocycles. The molecule has 0 aromatic heterocycles. The molecule has 4 aromatic rings. The van der Waals surface area contributed by atoms with E-state index in [0.29, 0.717) is 0 Å². The molecular weight excluding hydrogens is 378 g/mol. The SMILES string of the molecule is CC[N+]1=C(/C=C2\C=C(c3ccccc3)Oc3ccccc32)c2cccc3cccc1c23. The van der Waals surface area contributed by atoms with Gasteiger partial charge < -0.3 is 4.74 Å². The molecule has 0 bridgehead atoms. The van der Waals surface area contributed by atoms with Gasteiger partial charge in [0, 0.05) is 23.3 Å². The number of ether oxygens (including phenoxy) is 1. The summed E-state index contributed by atoms with van der Waals surface area (Å²) in [5.41, 5.74) is 7.19. The lowest BCUT2D eigenvalue weighted by atomic mass is 9.96. The van der Waals surface area contributed by atoms with E-state index in [0.717, 1.165) is 29.2 Å². The Morgan fingerprint density at radius 2 is 1.52 bits per heavy atom. The van der Waals surface area contributed by atoms with Crippen molar-refractivity contribution in [2.45, 2.75) is 6.92 Å². The molecule has 0 fully saturated rings. The lowest BCUT2D eigenvalue weighted by molar-refractivity contribution is -0.430. The summed E-state index contributed by atoms with van der Waals surface area (Å²) < 4.78 is 8.70. The monoisotopic (exact) mass is 400 g/mol. The fraction of sp³-hybridized carbons (Fsp3) is 0.0690. The summed E-state index contributed by atoms with van der Waals surface area (Å²) in [4.78, 5) is 0. The minimum Gasteiger partial charge on any atom is -0.456 e. The molecule has 148 valence electrons. The van der Waals surface area contributed by atoms with Gasteiger partial charge in [0.25, 0.3) is 0 Å². The van der Waals surface area contributed by atoms with Crippen LogP contribution in [0.3, 0.4) is 0 Å². The first-order valence-electron chi connectivity index (χ1n) is 10.8. The Labute approximate surface area is 182 Å². The summed E-state index contributed by atoms with van der Waals surface area (Å²) in [6, 6.07) is 31.8. The molecule has 6 rings (SSSR count).